The zero-order chi connectivity index (χ0) is 15.6. The van der Waals surface area contributed by atoms with Crippen LogP contribution in [0.4, 0.5) is 0 Å². The van der Waals surface area contributed by atoms with Gasteiger partial charge in [0.25, 0.3) is 0 Å². The Kier molecular flexibility index (Phi) is 4.83. The van der Waals surface area contributed by atoms with Gasteiger partial charge in [-0.15, -0.1) is 0 Å². The molecule has 0 unspecified atom stereocenters. The second-order valence-electron chi connectivity index (χ2n) is 5.32. The van der Waals surface area contributed by atoms with E-state index in [1.807, 2.05) is 38.1 Å². The number of carbonyl (C=O) groups is 2. The Morgan fingerprint density at radius 3 is 2.67 bits per heavy atom. The molecule has 0 saturated heterocycles. The molecule has 0 aliphatic carbocycles. The largest absolute Gasteiger partial charge is 0.460 e. The summed E-state index contributed by atoms with van der Waals surface area (Å²) in [6.45, 7) is 5.35. The lowest BCUT2D eigenvalue weighted by atomic mass is 9.84. The van der Waals surface area contributed by atoms with Crippen LogP contribution in [0.3, 0.4) is 0 Å². The molecule has 1 atom stereocenters. The van der Waals surface area contributed by atoms with E-state index >= 15 is 0 Å². The second kappa shape index (κ2) is 6.43. The van der Waals surface area contributed by atoms with Crippen LogP contribution in [-0.2, 0) is 14.3 Å². The first kappa shape index (κ1) is 15.8. The number of hydrogen-bond acceptors (Lipinski definition) is 3. The lowest BCUT2D eigenvalue weighted by molar-refractivity contribution is -0.143. The van der Waals surface area contributed by atoms with Gasteiger partial charge in [0.05, 0.1) is 11.7 Å². The summed E-state index contributed by atoms with van der Waals surface area (Å²) in [5.74, 6) is -0.752. The average Bonchev–Trinajstić information content (AvgIpc) is 2.37. The van der Waals surface area contributed by atoms with Crippen molar-refractivity contribution in [3.05, 3.63) is 45.6 Å². The molecule has 0 saturated carbocycles. The Hall–Kier alpha value is -1.62. The Morgan fingerprint density at radius 1 is 1.38 bits per heavy atom. The van der Waals surface area contributed by atoms with Crippen molar-refractivity contribution < 1.29 is 14.3 Å². The number of rotatable bonds is 3. The van der Waals surface area contributed by atoms with Gasteiger partial charge in [0.1, 0.15) is 0 Å². The molecule has 0 aromatic heterocycles. The van der Waals surface area contributed by atoms with Crippen LogP contribution in [0.1, 0.15) is 38.7 Å². The van der Waals surface area contributed by atoms with Crippen LogP contribution in [0, 0.1) is 0 Å². The highest BCUT2D eigenvalue weighted by Gasteiger charge is 2.33. The smallest absolute Gasteiger partial charge is 0.336 e. The highest BCUT2D eigenvalue weighted by atomic mass is 79.9. The fourth-order valence-electron chi connectivity index (χ4n) is 2.47. The number of nitrogens with one attached hydrogen (secondary N) is 1. The van der Waals surface area contributed by atoms with E-state index in [4.69, 9.17) is 4.74 Å². The zero-order valence-electron chi connectivity index (χ0n) is 12.3. The quantitative estimate of drug-likeness (QED) is 0.850. The Labute approximate surface area is 132 Å². The molecule has 0 bridgehead atoms. The number of benzene rings is 1. The van der Waals surface area contributed by atoms with Crippen molar-refractivity contribution in [2.24, 2.45) is 0 Å². The lowest BCUT2D eigenvalue weighted by Gasteiger charge is -2.27. The summed E-state index contributed by atoms with van der Waals surface area (Å²) in [6, 6.07) is 7.62. The third-order valence-electron chi connectivity index (χ3n) is 3.31. The SMILES string of the molecule is CC1=C(C(=O)OC(C)C)[C@H](c2ccccc2Br)CC(=O)N1. The molecule has 112 valence electrons. The summed E-state index contributed by atoms with van der Waals surface area (Å²) in [4.78, 5) is 24.2. The van der Waals surface area contributed by atoms with Gasteiger partial charge in [-0.1, -0.05) is 34.1 Å². The van der Waals surface area contributed by atoms with E-state index in [1.54, 1.807) is 6.92 Å². The van der Waals surface area contributed by atoms with Gasteiger partial charge >= 0.3 is 5.97 Å². The first-order valence-electron chi connectivity index (χ1n) is 6.86. The van der Waals surface area contributed by atoms with E-state index in [0.717, 1.165) is 10.0 Å². The van der Waals surface area contributed by atoms with E-state index in [-0.39, 0.29) is 30.3 Å². The summed E-state index contributed by atoms with van der Waals surface area (Å²) >= 11 is 3.49. The van der Waals surface area contributed by atoms with E-state index in [2.05, 4.69) is 21.2 Å². The Morgan fingerprint density at radius 2 is 2.05 bits per heavy atom. The van der Waals surface area contributed by atoms with Crippen LogP contribution < -0.4 is 5.32 Å². The molecule has 21 heavy (non-hydrogen) atoms. The van der Waals surface area contributed by atoms with Crippen molar-refractivity contribution in [3.8, 4) is 0 Å². The predicted octanol–water partition coefficient (Wildman–Crippen LogP) is 3.28. The standard InChI is InChI=1S/C16H18BrNO3/c1-9(2)21-16(20)15-10(3)18-14(19)8-12(15)11-6-4-5-7-13(11)17/h4-7,9,12H,8H2,1-3H3,(H,18,19)/t12-/m0/s1. The molecular weight excluding hydrogens is 334 g/mol. The molecule has 2 rings (SSSR count). The van der Waals surface area contributed by atoms with Crippen molar-refractivity contribution >= 4 is 27.8 Å². The number of hydrogen-bond donors (Lipinski definition) is 1. The number of amides is 1. The van der Waals surface area contributed by atoms with Gasteiger partial charge < -0.3 is 10.1 Å². The van der Waals surface area contributed by atoms with Crippen LogP contribution in [0.5, 0.6) is 0 Å². The topological polar surface area (TPSA) is 55.4 Å². The summed E-state index contributed by atoms with van der Waals surface area (Å²) in [5.41, 5.74) is 2.01. The highest BCUT2D eigenvalue weighted by molar-refractivity contribution is 9.10. The minimum Gasteiger partial charge on any atom is -0.460 e. The van der Waals surface area contributed by atoms with Gasteiger partial charge in [0, 0.05) is 22.5 Å². The van der Waals surface area contributed by atoms with Crippen LogP contribution in [0.25, 0.3) is 0 Å². The summed E-state index contributed by atoms with van der Waals surface area (Å²) in [7, 11) is 0. The third-order valence-corrected chi connectivity index (χ3v) is 4.03. The molecular formula is C16H18BrNO3. The van der Waals surface area contributed by atoms with Crippen molar-refractivity contribution in [1.29, 1.82) is 0 Å². The fourth-order valence-corrected chi connectivity index (χ4v) is 3.03. The van der Waals surface area contributed by atoms with Crippen molar-refractivity contribution in [2.75, 3.05) is 0 Å². The number of esters is 1. The first-order valence-corrected chi connectivity index (χ1v) is 7.65. The first-order chi connectivity index (χ1) is 9.90. The molecule has 1 aromatic carbocycles. The monoisotopic (exact) mass is 351 g/mol. The summed E-state index contributed by atoms with van der Waals surface area (Å²) < 4.78 is 6.21. The van der Waals surface area contributed by atoms with Gasteiger partial charge in [0.15, 0.2) is 0 Å². The molecule has 1 heterocycles. The minimum absolute atomic E-state index is 0.0886. The van der Waals surface area contributed by atoms with E-state index in [9.17, 15) is 9.59 Å². The van der Waals surface area contributed by atoms with Crippen molar-refractivity contribution in [1.82, 2.24) is 5.32 Å². The van der Waals surface area contributed by atoms with Gasteiger partial charge in [-0.05, 0) is 32.4 Å². The molecule has 5 heteroatoms. The molecule has 0 spiro atoms. The minimum atomic E-state index is -0.372. The van der Waals surface area contributed by atoms with Gasteiger partial charge in [0.2, 0.25) is 5.91 Å². The van der Waals surface area contributed by atoms with E-state index in [1.165, 1.54) is 0 Å². The summed E-state index contributed by atoms with van der Waals surface area (Å²) in [5, 5.41) is 2.73. The van der Waals surface area contributed by atoms with Crippen molar-refractivity contribution in [3.63, 3.8) is 0 Å². The average molecular weight is 352 g/mol. The van der Waals surface area contributed by atoms with E-state index in [0.29, 0.717) is 11.3 Å². The normalized spacial score (nSPS) is 18.7. The molecule has 1 aliphatic heterocycles. The maximum absolute atomic E-state index is 12.4. The Balaban J connectivity index is 2.46. The van der Waals surface area contributed by atoms with Gasteiger partial charge in [-0.25, -0.2) is 4.79 Å². The molecule has 1 aromatic rings. The molecule has 0 fully saturated rings. The molecule has 1 aliphatic rings. The van der Waals surface area contributed by atoms with Crippen molar-refractivity contribution in [2.45, 2.75) is 39.2 Å². The third kappa shape index (κ3) is 3.53. The fraction of sp³-hybridized carbons (Fsp3) is 0.375. The lowest BCUT2D eigenvalue weighted by Crippen LogP contribution is -2.34. The molecule has 1 amide bonds. The van der Waals surface area contributed by atoms with Gasteiger partial charge in [-0.3, -0.25) is 4.79 Å². The summed E-state index contributed by atoms with van der Waals surface area (Å²) in [6.07, 6.45) is 0.0398. The van der Waals surface area contributed by atoms with Crippen LogP contribution in [-0.4, -0.2) is 18.0 Å². The number of carbonyl (C=O) groups excluding carboxylic acids is 2. The number of halogens is 1. The molecule has 4 nitrogen and oxygen atoms in total. The maximum Gasteiger partial charge on any atom is 0.336 e. The van der Waals surface area contributed by atoms with Gasteiger partial charge in [-0.2, -0.15) is 0 Å². The maximum atomic E-state index is 12.4. The molecule has 1 N–H and O–H groups in total. The van der Waals surface area contributed by atoms with Crippen LogP contribution in [0.2, 0.25) is 0 Å². The van der Waals surface area contributed by atoms with E-state index < -0.39 is 0 Å². The highest BCUT2D eigenvalue weighted by Crippen LogP contribution is 2.37. The zero-order valence-corrected chi connectivity index (χ0v) is 13.9. The number of ether oxygens (including phenoxy) is 1. The van der Waals surface area contributed by atoms with Crippen LogP contribution in [0.15, 0.2) is 40.0 Å². The second-order valence-corrected chi connectivity index (χ2v) is 6.17. The van der Waals surface area contributed by atoms with Crippen LogP contribution >= 0.6 is 15.9 Å². The Bertz CT molecular complexity index is 607. The predicted molar refractivity (Wildman–Crippen MR) is 83.6 cm³/mol. The molecule has 0 radical (unpaired) electrons. The number of allylic oxidation sites excluding steroid dienone is 1.